The Morgan fingerprint density at radius 1 is 0.882 bits per heavy atom. The smallest absolute Gasteiger partial charge is 0.104 e. The molecule has 17 heavy (non-hydrogen) atoms. The van der Waals surface area contributed by atoms with E-state index in [9.17, 15) is 0 Å². The molecule has 4 nitrogen and oxygen atoms in total. The van der Waals surface area contributed by atoms with Crippen LogP contribution in [0.25, 0.3) is 0 Å². The number of rotatable bonds is 2. The van der Waals surface area contributed by atoms with Gasteiger partial charge in [0.2, 0.25) is 0 Å². The third-order valence-corrected chi connectivity index (χ3v) is 2.42. The van der Waals surface area contributed by atoms with E-state index in [2.05, 4.69) is 10.2 Å². The normalized spacial score (nSPS) is 10.9. The largest absolute Gasteiger partial charge is 0.399 e. The van der Waals surface area contributed by atoms with Gasteiger partial charge in [0.1, 0.15) is 5.69 Å². The second-order valence-corrected chi connectivity index (χ2v) is 3.91. The quantitative estimate of drug-likeness (QED) is 0.622. The van der Waals surface area contributed by atoms with E-state index in [1.807, 2.05) is 12.1 Å². The van der Waals surface area contributed by atoms with Crippen molar-refractivity contribution < 1.29 is 0 Å². The molecule has 2 aromatic carbocycles. The highest BCUT2D eigenvalue weighted by Crippen LogP contribution is 2.28. The second kappa shape index (κ2) is 4.84. The van der Waals surface area contributed by atoms with Gasteiger partial charge in [-0.05, 0) is 36.4 Å². The van der Waals surface area contributed by atoms with Crippen LogP contribution in [0.4, 0.5) is 22.7 Å². The molecule has 0 bridgehead atoms. The third kappa shape index (κ3) is 2.95. The summed E-state index contributed by atoms with van der Waals surface area (Å²) in [6, 6.07) is 12.2. The molecule has 0 saturated carbocycles. The zero-order chi connectivity index (χ0) is 12.3. The molecule has 0 fully saturated rings. The van der Waals surface area contributed by atoms with Gasteiger partial charge in [0.25, 0.3) is 0 Å². The average molecular weight is 247 g/mol. The van der Waals surface area contributed by atoms with E-state index < -0.39 is 0 Å². The summed E-state index contributed by atoms with van der Waals surface area (Å²) < 4.78 is 0. The van der Waals surface area contributed by atoms with E-state index in [4.69, 9.17) is 23.1 Å². The van der Waals surface area contributed by atoms with Gasteiger partial charge in [-0.2, -0.15) is 5.11 Å². The lowest BCUT2D eigenvalue weighted by Gasteiger charge is -1.98. The molecule has 0 amide bonds. The molecule has 4 N–H and O–H groups in total. The number of nitrogens with two attached hydrogens (primary N) is 2. The summed E-state index contributed by atoms with van der Waals surface area (Å²) in [4.78, 5) is 0. The molecule has 0 aliphatic heterocycles. The Bertz CT molecular complexity index is 566. The van der Waals surface area contributed by atoms with Crippen molar-refractivity contribution in [1.82, 2.24) is 0 Å². The maximum Gasteiger partial charge on any atom is 0.104 e. The van der Waals surface area contributed by atoms with Crippen LogP contribution in [0.5, 0.6) is 0 Å². The van der Waals surface area contributed by atoms with Crippen LogP contribution >= 0.6 is 11.6 Å². The van der Waals surface area contributed by atoms with Gasteiger partial charge in [-0.25, -0.2) is 0 Å². The minimum Gasteiger partial charge on any atom is -0.399 e. The maximum absolute atomic E-state index is 5.97. The van der Waals surface area contributed by atoms with Crippen LogP contribution in [-0.4, -0.2) is 0 Å². The molecule has 5 heteroatoms. The van der Waals surface area contributed by atoms with Crippen molar-refractivity contribution in [2.24, 2.45) is 10.2 Å². The van der Waals surface area contributed by atoms with E-state index in [0.29, 0.717) is 27.8 Å². The van der Waals surface area contributed by atoms with Crippen LogP contribution < -0.4 is 11.5 Å². The summed E-state index contributed by atoms with van der Waals surface area (Å²) >= 11 is 5.97. The Morgan fingerprint density at radius 3 is 2.35 bits per heavy atom. The van der Waals surface area contributed by atoms with Gasteiger partial charge in [0.15, 0.2) is 0 Å². The lowest BCUT2D eigenvalue weighted by molar-refractivity contribution is 1.23. The monoisotopic (exact) mass is 246 g/mol. The zero-order valence-corrected chi connectivity index (χ0v) is 9.72. The number of anilines is 2. The summed E-state index contributed by atoms with van der Waals surface area (Å²) in [6.45, 7) is 0. The van der Waals surface area contributed by atoms with Gasteiger partial charge in [-0.3, -0.25) is 0 Å². The molecular weight excluding hydrogens is 236 g/mol. The average Bonchev–Trinajstić information content (AvgIpc) is 2.28. The Balaban J connectivity index is 2.26. The summed E-state index contributed by atoms with van der Waals surface area (Å²) in [6.07, 6.45) is 0. The van der Waals surface area contributed by atoms with Crippen molar-refractivity contribution >= 4 is 34.4 Å². The van der Waals surface area contributed by atoms with E-state index in [0.717, 1.165) is 0 Å². The van der Waals surface area contributed by atoms with Gasteiger partial charge in [0, 0.05) is 11.4 Å². The fourth-order valence-electron chi connectivity index (χ4n) is 1.30. The van der Waals surface area contributed by atoms with E-state index >= 15 is 0 Å². The number of halogens is 1. The summed E-state index contributed by atoms with van der Waals surface area (Å²) in [5.41, 5.74) is 13.7. The highest BCUT2D eigenvalue weighted by Gasteiger charge is 1.99. The Labute approximate surface area is 104 Å². The molecule has 0 saturated heterocycles. The first-order chi connectivity index (χ1) is 8.15. The predicted octanol–water partition coefficient (Wildman–Crippen LogP) is 3.92. The van der Waals surface area contributed by atoms with E-state index in [-0.39, 0.29) is 0 Å². The molecule has 0 radical (unpaired) electrons. The first-order valence-electron chi connectivity index (χ1n) is 4.97. The van der Waals surface area contributed by atoms with Gasteiger partial charge in [-0.1, -0.05) is 17.7 Å². The highest BCUT2D eigenvalue weighted by atomic mass is 35.5. The molecular formula is C12H11ClN4. The highest BCUT2D eigenvalue weighted by molar-refractivity contribution is 6.33. The molecule has 0 unspecified atom stereocenters. The van der Waals surface area contributed by atoms with Crippen LogP contribution in [0.2, 0.25) is 5.02 Å². The van der Waals surface area contributed by atoms with Crippen molar-refractivity contribution in [2.45, 2.75) is 0 Å². The van der Waals surface area contributed by atoms with E-state index in [1.54, 1.807) is 30.3 Å². The Hall–Kier alpha value is -2.07. The Kier molecular flexibility index (Phi) is 3.25. The lowest BCUT2D eigenvalue weighted by Crippen LogP contribution is -1.82. The van der Waals surface area contributed by atoms with Crippen molar-refractivity contribution in [3.8, 4) is 0 Å². The van der Waals surface area contributed by atoms with Gasteiger partial charge in [0.05, 0.1) is 10.7 Å². The Morgan fingerprint density at radius 2 is 1.65 bits per heavy atom. The molecule has 2 rings (SSSR count). The topological polar surface area (TPSA) is 76.8 Å². The van der Waals surface area contributed by atoms with Crippen molar-refractivity contribution in [3.63, 3.8) is 0 Å². The van der Waals surface area contributed by atoms with Crippen molar-refractivity contribution in [3.05, 3.63) is 47.5 Å². The molecule has 0 aromatic heterocycles. The zero-order valence-electron chi connectivity index (χ0n) is 8.97. The number of azo groups is 1. The van der Waals surface area contributed by atoms with Gasteiger partial charge < -0.3 is 11.5 Å². The van der Waals surface area contributed by atoms with Crippen LogP contribution in [0.3, 0.4) is 0 Å². The molecule has 0 heterocycles. The maximum atomic E-state index is 5.97. The summed E-state index contributed by atoms with van der Waals surface area (Å²) in [7, 11) is 0. The minimum atomic E-state index is 0.470. The number of benzene rings is 2. The number of hydrogen-bond donors (Lipinski definition) is 2. The molecule has 86 valence electrons. The molecule has 0 aliphatic carbocycles. The van der Waals surface area contributed by atoms with Gasteiger partial charge in [-0.15, -0.1) is 5.11 Å². The van der Waals surface area contributed by atoms with Crippen LogP contribution in [0.1, 0.15) is 0 Å². The van der Waals surface area contributed by atoms with Crippen molar-refractivity contribution in [2.75, 3.05) is 11.5 Å². The third-order valence-electron chi connectivity index (χ3n) is 2.12. The number of nitrogen functional groups attached to an aromatic ring is 2. The minimum absolute atomic E-state index is 0.470. The lowest BCUT2D eigenvalue weighted by atomic mass is 10.3. The van der Waals surface area contributed by atoms with Crippen molar-refractivity contribution in [1.29, 1.82) is 0 Å². The first kappa shape index (κ1) is 11.4. The first-order valence-corrected chi connectivity index (χ1v) is 5.35. The molecule has 2 aromatic rings. The molecule has 0 aliphatic rings. The fraction of sp³-hybridized carbons (Fsp3) is 0. The fourth-order valence-corrected chi connectivity index (χ4v) is 1.53. The van der Waals surface area contributed by atoms with Crippen LogP contribution in [-0.2, 0) is 0 Å². The molecule has 0 spiro atoms. The predicted molar refractivity (Wildman–Crippen MR) is 70.9 cm³/mol. The summed E-state index contributed by atoms with van der Waals surface area (Å²) in [5, 5.41) is 8.56. The number of hydrogen-bond acceptors (Lipinski definition) is 4. The standard InChI is InChI=1S/C12H11ClN4/c13-11-7-9(15)4-5-12(11)17-16-10-3-1-2-8(14)6-10/h1-7H,14-15H2/b17-16+. The SMILES string of the molecule is Nc1cccc(/N=N/c2ccc(N)cc2Cl)c1. The second-order valence-electron chi connectivity index (χ2n) is 3.51. The number of nitrogens with zero attached hydrogens (tertiary/aromatic N) is 2. The summed E-state index contributed by atoms with van der Waals surface area (Å²) in [5.74, 6) is 0. The van der Waals surface area contributed by atoms with E-state index in [1.165, 1.54) is 0 Å². The van der Waals surface area contributed by atoms with Crippen LogP contribution in [0, 0.1) is 0 Å². The molecule has 0 atom stereocenters. The van der Waals surface area contributed by atoms with Crippen LogP contribution in [0.15, 0.2) is 52.7 Å². The van der Waals surface area contributed by atoms with Gasteiger partial charge >= 0.3 is 0 Å².